The average molecular weight is 311 g/mol. The SMILES string of the molecule is ONC(O)C1CCc2ccc(-c3ccc4c(c3)CCO4)cc2C1. The van der Waals surface area contributed by atoms with Gasteiger partial charge in [0, 0.05) is 12.3 Å². The van der Waals surface area contributed by atoms with Gasteiger partial charge in [-0.25, -0.2) is 0 Å². The molecule has 4 nitrogen and oxygen atoms in total. The van der Waals surface area contributed by atoms with Gasteiger partial charge in [0.15, 0.2) is 0 Å². The highest BCUT2D eigenvalue weighted by molar-refractivity contribution is 5.67. The van der Waals surface area contributed by atoms with Crippen molar-refractivity contribution < 1.29 is 15.1 Å². The van der Waals surface area contributed by atoms with Gasteiger partial charge >= 0.3 is 0 Å². The molecule has 2 aliphatic rings. The van der Waals surface area contributed by atoms with Crippen molar-refractivity contribution in [2.24, 2.45) is 5.92 Å². The number of hydrogen-bond acceptors (Lipinski definition) is 4. The molecule has 0 bridgehead atoms. The molecule has 0 fully saturated rings. The van der Waals surface area contributed by atoms with Crippen molar-refractivity contribution in [1.29, 1.82) is 0 Å². The van der Waals surface area contributed by atoms with Crippen LogP contribution in [0.4, 0.5) is 0 Å². The van der Waals surface area contributed by atoms with E-state index in [2.05, 4.69) is 36.4 Å². The molecule has 23 heavy (non-hydrogen) atoms. The van der Waals surface area contributed by atoms with Gasteiger partial charge in [-0.1, -0.05) is 24.3 Å². The quantitative estimate of drug-likeness (QED) is 0.602. The molecule has 0 spiro atoms. The summed E-state index contributed by atoms with van der Waals surface area (Å²) in [7, 11) is 0. The lowest BCUT2D eigenvalue weighted by Crippen LogP contribution is -2.36. The molecule has 1 heterocycles. The molecule has 0 saturated carbocycles. The standard InChI is InChI=1S/C19H21NO3/c21-19(20-22)16-4-2-12-1-3-13(10-17(12)11-16)14-5-6-18-15(9-14)7-8-23-18/h1,3,5-6,9-10,16,19-22H,2,4,7-8,11H2. The van der Waals surface area contributed by atoms with Crippen LogP contribution in [-0.2, 0) is 19.3 Å². The van der Waals surface area contributed by atoms with E-state index in [4.69, 9.17) is 9.94 Å². The molecule has 0 amide bonds. The Morgan fingerprint density at radius 2 is 1.78 bits per heavy atom. The molecule has 2 atom stereocenters. The van der Waals surface area contributed by atoms with Crippen molar-refractivity contribution in [3.8, 4) is 16.9 Å². The second-order valence-electron chi connectivity index (χ2n) is 6.48. The van der Waals surface area contributed by atoms with E-state index in [1.807, 2.05) is 5.48 Å². The first-order valence-electron chi connectivity index (χ1n) is 8.20. The monoisotopic (exact) mass is 311 g/mol. The fraction of sp³-hybridized carbons (Fsp3) is 0.368. The van der Waals surface area contributed by atoms with Gasteiger partial charge in [-0.15, -0.1) is 0 Å². The molecule has 2 aromatic rings. The molecule has 1 aliphatic carbocycles. The van der Waals surface area contributed by atoms with Gasteiger partial charge in [-0.05, 0) is 59.2 Å². The van der Waals surface area contributed by atoms with Crippen LogP contribution in [0.1, 0.15) is 23.1 Å². The van der Waals surface area contributed by atoms with Crippen LogP contribution in [-0.4, -0.2) is 23.1 Å². The minimum absolute atomic E-state index is 0.0520. The molecule has 0 aromatic heterocycles. The van der Waals surface area contributed by atoms with Crippen LogP contribution >= 0.6 is 0 Å². The predicted molar refractivity (Wildman–Crippen MR) is 87.5 cm³/mol. The summed E-state index contributed by atoms with van der Waals surface area (Å²) in [5, 5.41) is 18.8. The molecule has 1 aliphatic heterocycles. The Hall–Kier alpha value is -1.88. The number of benzene rings is 2. The van der Waals surface area contributed by atoms with Crippen molar-refractivity contribution in [2.45, 2.75) is 31.9 Å². The van der Waals surface area contributed by atoms with Crippen molar-refractivity contribution in [2.75, 3.05) is 6.61 Å². The molecule has 4 heteroatoms. The van der Waals surface area contributed by atoms with E-state index in [1.165, 1.54) is 27.8 Å². The summed E-state index contributed by atoms with van der Waals surface area (Å²) in [6, 6.07) is 13.0. The Labute approximate surface area is 135 Å². The number of rotatable bonds is 3. The summed E-state index contributed by atoms with van der Waals surface area (Å²) in [4.78, 5) is 0. The molecule has 0 saturated heterocycles. The van der Waals surface area contributed by atoms with Crippen LogP contribution in [0.2, 0.25) is 0 Å². The van der Waals surface area contributed by atoms with Crippen molar-refractivity contribution in [1.82, 2.24) is 5.48 Å². The third kappa shape index (κ3) is 2.74. The molecule has 2 aromatic carbocycles. The van der Waals surface area contributed by atoms with Gasteiger partial charge in [-0.2, -0.15) is 5.48 Å². The average Bonchev–Trinajstić information content (AvgIpc) is 3.07. The maximum Gasteiger partial charge on any atom is 0.129 e. The van der Waals surface area contributed by atoms with Gasteiger partial charge in [0.05, 0.1) is 6.61 Å². The zero-order valence-electron chi connectivity index (χ0n) is 13.0. The molecule has 0 radical (unpaired) electrons. The largest absolute Gasteiger partial charge is 0.493 e. The lowest BCUT2D eigenvalue weighted by molar-refractivity contribution is -0.0373. The Bertz CT molecular complexity index is 729. The number of aryl methyl sites for hydroxylation is 1. The Morgan fingerprint density at radius 1 is 1.00 bits per heavy atom. The first-order chi connectivity index (χ1) is 11.2. The number of hydroxylamine groups is 1. The van der Waals surface area contributed by atoms with Gasteiger partial charge in [0.1, 0.15) is 12.0 Å². The normalized spacial score (nSPS) is 20.5. The lowest BCUT2D eigenvalue weighted by atomic mass is 9.82. The number of aliphatic hydroxyl groups excluding tert-OH is 1. The smallest absolute Gasteiger partial charge is 0.129 e. The minimum atomic E-state index is -0.857. The lowest BCUT2D eigenvalue weighted by Gasteiger charge is -2.28. The molecule has 2 unspecified atom stereocenters. The zero-order chi connectivity index (χ0) is 15.8. The summed E-state index contributed by atoms with van der Waals surface area (Å²) >= 11 is 0. The van der Waals surface area contributed by atoms with E-state index in [0.29, 0.717) is 0 Å². The van der Waals surface area contributed by atoms with Crippen molar-refractivity contribution in [3.63, 3.8) is 0 Å². The van der Waals surface area contributed by atoms with Crippen LogP contribution in [0.25, 0.3) is 11.1 Å². The Morgan fingerprint density at radius 3 is 2.61 bits per heavy atom. The highest BCUT2D eigenvalue weighted by Gasteiger charge is 2.25. The van der Waals surface area contributed by atoms with Crippen LogP contribution in [0.5, 0.6) is 5.75 Å². The maximum atomic E-state index is 9.83. The van der Waals surface area contributed by atoms with Crippen LogP contribution in [0, 0.1) is 5.92 Å². The van der Waals surface area contributed by atoms with E-state index in [-0.39, 0.29) is 5.92 Å². The van der Waals surface area contributed by atoms with Gasteiger partial charge in [-0.3, -0.25) is 0 Å². The number of ether oxygens (including phenoxy) is 1. The van der Waals surface area contributed by atoms with Crippen LogP contribution in [0.15, 0.2) is 36.4 Å². The van der Waals surface area contributed by atoms with E-state index in [0.717, 1.165) is 38.0 Å². The molecular formula is C19H21NO3. The fourth-order valence-electron chi connectivity index (χ4n) is 3.71. The topological polar surface area (TPSA) is 61.7 Å². The second kappa shape index (κ2) is 5.96. The number of hydrogen-bond donors (Lipinski definition) is 3. The van der Waals surface area contributed by atoms with Crippen molar-refractivity contribution >= 4 is 0 Å². The van der Waals surface area contributed by atoms with E-state index in [9.17, 15) is 5.11 Å². The molecule has 120 valence electrons. The third-order valence-electron chi connectivity index (χ3n) is 5.07. The Kier molecular flexibility index (Phi) is 3.81. The van der Waals surface area contributed by atoms with E-state index < -0.39 is 6.23 Å². The molecule has 4 rings (SSSR count). The zero-order valence-corrected chi connectivity index (χ0v) is 13.0. The van der Waals surface area contributed by atoms with Crippen LogP contribution in [0.3, 0.4) is 0 Å². The summed E-state index contributed by atoms with van der Waals surface area (Å²) < 4.78 is 5.57. The number of nitrogens with one attached hydrogen (secondary N) is 1. The predicted octanol–water partition coefficient (Wildman–Crippen LogP) is 2.69. The minimum Gasteiger partial charge on any atom is -0.493 e. The summed E-state index contributed by atoms with van der Waals surface area (Å²) in [6.07, 6.45) is 2.73. The second-order valence-corrected chi connectivity index (χ2v) is 6.48. The highest BCUT2D eigenvalue weighted by atomic mass is 16.5. The van der Waals surface area contributed by atoms with E-state index >= 15 is 0 Å². The maximum absolute atomic E-state index is 9.83. The number of fused-ring (bicyclic) bond motifs is 2. The highest BCUT2D eigenvalue weighted by Crippen LogP contribution is 2.34. The van der Waals surface area contributed by atoms with Gasteiger partial charge in [0.25, 0.3) is 0 Å². The Balaban J connectivity index is 1.64. The molecular weight excluding hydrogens is 290 g/mol. The first-order valence-corrected chi connectivity index (χ1v) is 8.20. The van der Waals surface area contributed by atoms with Crippen molar-refractivity contribution in [3.05, 3.63) is 53.1 Å². The van der Waals surface area contributed by atoms with Gasteiger partial charge in [0.2, 0.25) is 0 Å². The van der Waals surface area contributed by atoms with E-state index in [1.54, 1.807) is 0 Å². The summed E-state index contributed by atoms with van der Waals surface area (Å²) in [5.74, 6) is 1.06. The number of aliphatic hydroxyl groups is 1. The van der Waals surface area contributed by atoms with Gasteiger partial charge < -0.3 is 15.1 Å². The first kappa shape index (κ1) is 14.7. The van der Waals surface area contributed by atoms with Crippen LogP contribution < -0.4 is 10.2 Å². The third-order valence-corrected chi connectivity index (χ3v) is 5.07. The fourth-order valence-corrected chi connectivity index (χ4v) is 3.71. The summed E-state index contributed by atoms with van der Waals surface area (Å²) in [5.41, 5.74) is 8.28. The molecule has 3 N–H and O–H groups in total. The summed E-state index contributed by atoms with van der Waals surface area (Å²) in [6.45, 7) is 0.775.